The average molecular weight is 228 g/mol. The lowest BCUT2D eigenvalue weighted by atomic mass is 10.2. The van der Waals surface area contributed by atoms with E-state index in [4.69, 9.17) is 10.5 Å². The third-order valence-electron chi connectivity index (χ3n) is 2.25. The number of hydrogen-bond donors (Lipinski definition) is 1. The van der Waals surface area contributed by atoms with E-state index in [2.05, 4.69) is 4.98 Å². The Morgan fingerprint density at radius 1 is 1.18 bits per heavy atom. The molecule has 1 heterocycles. The largest absolute Gasteiger partial charge is 0.421 e. The highest BCUT2D eigenvalue weighted by molar-refractivity contribution is 5.91. The van der Waals surface area contributed by atoms with Crippen LogP contribution in [0.15, 0.2) is 48.7 Å². The Morgan fingerprint density at radius 3 is 2.65 bits per heavy atom. The van der Waals surface area contributed by atoms with Crippen LogP contribution in [0.25, 0.3) is 0 Å². The lowest BCUT2D eigenvalue weighted by Crippen LogP contribution is -2.11. The first kappa shape index (κ1) is 11.3. The fraction of sp³-hybridized carbons (Fsp3) is 0.0769. The zero-order valence-corrected chi connectivity index (χ0v) is 9.17. The standard InChI is InChI=1S/C13H12N2O2/c14-9-11-12(7-4-8-15-11)17-13(16)10-5-2-1-3-6-10/h1-8H,9,14H2. The molecule has 0 unspecified atom stereocenters. The second-order valence-electron chi connectivity index (χ2n) is 3.41. The molecule has 1 aromatic carbocycles. The second kappa shape index (κ2) is 5.23. The second-order valence-corrected chi connectivity index (χ2v) is 3.41. The third kappa shape index (κ3) is 2.68. The van der Waals surface area contributed by atoms with Gasteiger partial charge in [-0.3, -0.25) is 4.98 Å². The number of ether oxygens (including phenoxy) is 1. The lowest BCUT2D eigenvalue weighted by molar-refractivity contribution is 0.0732. The highest BCUT2D eigenvalue weighted by atomic mass is 16.5. The van der Waals surface area contributed by atoms with Crippen molar-refractivity contribution in [3.63, 3.8) is 0 Å². The monoisotopic (exact) mass is 228 g/mol. The smallest absolute Gasteiger partial charge is 0.343 e. The molecule has 4 nitrogen and oxygen atoms in total. The van der Waals surface area contributed by atoms with Gasteiger partial charge in [0.2, 0.25) is 0 Å². The summed E-state index contributed by atoms with van der Waals surface area (Å²) in [6, 6.07) is 12.2. The number of pyridine rings is 1. The van der Waals surface area contributed by atoms with Gasteiger partial charge in [-0.2, -0.15) is 0 Å². The number of carbonyl (C=O) groups excluding carboxylic acids is 1. The highest BCUT2D eigenvalue weighted by Crippen LogP contribution is 2.16. The van der Waals surface area contributed by atoms with E-state index in [0.29, 0.717) is 17.0 Å². The predicted octanol–water partition coefficient (Wildman–Crippen LogP) is 1.76. The minimum Gasteiger partial charge on any atom is -0.421 e. The van der Waals surface area contributed by atoms with Gasteiger partial charge in [0.25, 0.3) is 0 Å². The van der Waals surface area contributed by atoms with Crippen LogP contribution >= 0.6 is 0 Å². The first-order valence-corrected chi connectivity index (χ1v) is 5.22. The van der Waals surface area contributed by atoms with Crippen LogP contribution in [-0.2, 0) is 6.54 Å². The number of aromatic nitrogens is 1. The van der Waals surface area contributed by atoms with Gasteiger partial charge >= 0.3 is 5.97 Å². The van der Waals surface area contributed by atoms with Crippen LogP contribution in [0, 0.1) is 0 Å². The minimum absolute atomic E-state index is 0.234. The van der Waals surface area contributed by atoms with Crippen LogP contribution in [0.5, 0.6) is 5.75 Å². The Balaban J connectivity index is 2.19. The van der Waals surface area contributed by atoms with E-state index in [-0.39, 0.29) is 6.54 Å². The van der Waals surface area contributed by atoms with Gasteiger partial charge in [-0.05, 0) is 24.3 Å². The molecule has 2 rings (SSSR count). The maximum absolute atomic E-state index is 11.8. The summed E-state index contributed by atoms with van der Waals surface area (Å²) in [5, 5.41) is 0. The molecule has 2 N–H and O–H groups in total. The van der Waals surface area contributed by atoms with Crippen LogP contribution < -0.4 is 10.5 Å². The van der Waals surface area contributed by atoms with Crippen LogP contribution in [-0.4, -0.2) is 11.0 Å². The zero-order chi connectivity index (χ0) is 12.1. The SMILES string of the molecule is NCc1ncccc1OC(=O)c1ccccc1. The fourth-order valence-corrected chi connectivity index (χ4v) is 1.40. The highest BCUT2D eigenvalue weighted by Gasteiger charge is 2.10. The van der Waals surface area contributed by atoms with Crippen molar-refractivity contribution in [2.75, 3.05) is 0 Å². The Morgan fingerprint density at radius 2 is 1.94 bits per heavy atom. The van der Waals surface area contributed by atoms with Crippen LogP contribution in [0.4, 0.5) is 0 Å². The molecule has 0 atom stereocenters. The van der Waals surface area contributed by atoms with Crippen molar-refractivity contribution in [1.82, 2.24) is 4.98 Å². The van der Waals surface area contributed by atoms with E-state index in [1.165, 1.54) is 0 Å². The van der Waals surface area contributed by atoms with Crippen molar-refractivity contribution >= 4 is 5.97 Å². The van der Waals surface area contributed by atoms with Crippen molar-refractivity contribution in [3.8, 4) is 5.75 Å². The molecule has 0 aliphatic rings. The molecule has 0 aliphatic heterocycles. The Bertz CT molecular complexity index is 512. The molecule has 17 heavy (non-hydrogen) atoms. The number of rotatable bonds is 3. The van der Waals surface area contributed by atoms with Crippen molar-refractivity contribution in [2.24, 2.45) is 5.73 Å². The molecule has 86 valence electrons. The first-order valence-electron chi connectivity index (χ1n) is 5.22. The van der Waals surface area contributed by atoms with Crippen molar-refractivity contribution < 1.29 is 9.53 Å². The molecular formula is C13H12N2O2. The summed E-state index contributed by atoms with van der Waals surface area (Å²) in [7, 11) is 0. The molecule has 0 spiro atoms. The van der Waals surface area contributed by atoms with Crippen molar-refractivity contribution in [3.05, 3.63) is 59.9 Å². The zero-order valence-electron chi connectivity index (χ0n) is 9.17. The number of carbonyl (C=O) groups is 1. The van der Waals surface area contributed by atoms with Gasteiger partial charge in [0.1, 0.15) is 0 Å². The predicted molar refractivity (Wildman–Crippen MR) is 63.5 cm³/mol. The summed E-state index contributed by atoms with van der Waals surface area (Å²) < 4.78 is 5.24. The van der Waals surface area contributed by atoms with Gasteiger partial charge in [0.05, 0.1) is 11.3 Å². The van der Waals surface area contributed by atoms with E-state index >= 15 is 0 Å². The summed E-state index contributed by atoms with van der Waals surface area (Å²) in [4.78, 5) is 15.8. The fourth-order valence-electron chi connectivity index (χ4n) is 1.40. The van der Waals surface area contributed by atoms with Gasteiger partial charge in [-0.15, -0.1) is 0 Å². The van der Waals surface area contributed by atoms with Crippen LogP contribution in [0.1, 0.15) is 16.1 Å². The lowest BCUT2D eigenvalue weighted by Gasteiger charge is -2.07. The van der Waals surface area contributed by atoms with Gasteiger partial charge in [-0.25, -0.2) is 4.79 Å². The molecule has 1 aromatic heterocycles. The molecule has 0 fully saturated rings. The number of esters is 1. The average Bonchev–Trinajstić information content (AvgIpc) is 2.40. The summed E-state index contributed by atoms with van der Waals surface area (Å²) in [5.74, 6) is -0.00264. The van der Waals surface area contributed by atoms with E-state index < -0.39 is 5.97 Å². The third-order valence-corrected chi connectivity index (χ3v) is 2.25. The summed E-state index contributed by atoms with van der Waals surface area (Å²) in [6.07, 6.45) is 1.61. The molecule has 0 radical (unpaired) electrons. The summed E-state index contributed by atoms with van der Waals surface area (Å²) in [5.41, 5.74) is 6.58. The molecule has 4 heteroatoms. The topological polar surface area (TPSA) is 65.2 Å². The van der Waals surface area contributed by atoms with Crippen LogP contribution in [0.3, 0.4) is 0 Å². The summed E-state index contributed by atoms with van der Waals surface area (Å²) >= 11 is 0. The van der Waals surface area contributed by atoms with Gasteiger partial charge in [0.15, 0.2) is 5.75 Å². The minimum atomic E-state index is -0.409. The number of benzene rings is 1. The molecule has 0 amide bonds. The first-order chi connectivity index (χ1) is 8.31. The molecule has 0 saturated carbocycles. The Hall–Kier alpha value is -2.20. The number of nitrogens with two attached hydrogens (primary N) is 1. The molecular weight excluding hydrogens is 216 g/mol. The normalized spacial score (nSPS) is 9.94. The number of nitrogens with zero attached hydrogens (tertiary/aromatic N) is 1. The van der Waals surface area contributed by atoms with Gasteiger partial charge in [-0.1, -0.05) is 18.2 Å². The molecule has 0 bridgehead atoms. The maximum Gasteiger partial charge on any atom is 0.343 e. The Labute approximate surface area is 99.1 Å². The van der Waals surface area contributed by atoms with E-state index in [1.54, 1.807) is 42.6 Å². The van der Waals surface area contributed by atoms with E-state index in [0.717, 1.165) is 0 Å². The van der Waals surface area contributed by atoms with Crippen molar-refractivity contribution in [1.29, 1.82) is 0 Å². The molecule has 0 aliphatic carbocycles. The van der Waals surface area contributed by atoms with Gasteiger partial charge < -0.3 is 10.5 Å². The molecule has 2 aromatic rings. The quantitative estimate of drug-likeness (QED) is 0.813. The van der Waals surface area contributed by atoms with E-state index in [9.17, 15) is 4.79 Å². The maximum atomic E-state index is 11.8. The van der Waals surface area contributed by atoms with Gasteiger partial charge in [0, 0.05) is 12.7 Å². The Kier molecular flexibility index (Phi) is 3.47. The number of hydrogen-bond acceptors (Lipinski definition) is 4. The van der Waals surface area contributed by atoms with E-state index in [1.807, 2.05) is 6.07 Å². The molecule has 0 saturated heterocycles. The van der Waals surface area contributed by atoms with Crippen LogP contribution in [0.2, 0.25) is 0 Å². The van der Waals surface area contributed by atoms with Crippen molar-refractivity contribution in [2.45, 2.75) is 6.54 Å². The summed E-state index contributed by atoms with van der Waals surface area (Å²) in [6.45, 7) is 0.234.